The van der Waals surface area contributed by atoms with Gasteiger partial charge in [-0.1, -0.05) is 0 Å². The largest absolute Gasteiger partial charge is 0.394 e. The van der Waals surface area contributed by atoms with Crippen LogP contribution >= 0.6 is 12.6 Å². The van der Waals surface area contributed by atoms with Gasteiger partial charge in [0.25, 0.3) is 0 Å². The molecule has 5 N–H and O–H groups in total. The molecular formula is C8H15N3O5S. The Bertz CT molecular complexity index is 272. The lowest BCUT2D eigenvalue weighted by Crippen LogP contribution is -2.49. The molecule has 0 spiro atoms. The third-order valence-corrected chi connectivity index (χ3v) is 2.15. The standard InChI is InChI=1S/C8H15N3O5S/c12-2-5(3-13)10-7(14)1-9-8(15)6(4-17)11-16/h2,5-6,11,13,16-17H,1,3-4H2,(H,9,15)(H,10,14)/t5-,6+/m1/s1. The average molecular weight is 265 g/mol. The third kappa shape index (κ3) is 6.22. The van der Waals surface area contributed by atoms with Crippen LogP contribution in [-0.4, -0.2) is 59.4 Å². The van der Waals surface area contributed by atoms with E-state index in [4.69, 9.17) is 10.3 Å². The summed E-state index contributed by atoms with van der Waals surface area (Å²) in [5.41, 5.74) is 1.72. The van der Waals surface area contributed by atoms with Gasteiger partial charge in [0.05, 0.1) is 13.2 Å². The van der Waals surface area contributed by atoms with Crippen molar-refractivity contribution in [2.24, 2.45) is 0 Å². The van der Waals surface area contributed by atoms with Gasteiger partial charge in [0.1, 0.15) is 18.4 Å². The van der Waals surface area contributed by atoms with E-state index in [0.717, 1.165) is 0 Å². The Morgan fingerprint density at radius 3 is 2.47 bits per heavy atom. The SMILES string of the molecule is O=C[C@H](CO)NC(=O)CNC(=O)[C@H](CS)NO. The molecule has 0 aliphatic rings. The predicted molar refractivity (Wildman–Crippen MR) is 60.7 cm³/mol. The first kappa shape index (κ1) is 15.8. The summed E-state index contributed by atoms with van der Waals surface area (Å²) in [7, 11) is 0. The van der Waals surface area contributed by atoms with Crippen molar-refractivity contribution in [2.45, 2.75) is 12.1 Å². The van der Waals surface area contributed by atoms with Crippen molar-refractivity contribution < 1.29 is 24.7 Å². The summed E-state index contributed by atoms with van der Waals surface area (Å²) < 4.78 is 0. The van der Waals surface area contributed by atoms with Gasteiger partial charge >= 0.3 is 0 Å². The molecule has 0 bridgehead atoms. The fourth-order valence-corrected chi connectivity index (χ4v) is 1.10. The summed E-state index contributed by atoms with van der Waals surface area (Å²) in [6, 6.07) is -1.91. The minimum absolute atomic E-state index is 0.0531. The van der Waals surface area contributed by atoms with E-state index in [1.807, 2.05) is 0 Å². The summed E-state index contributed by atoms with van der Waals surface area (Å²) in [5, 5.41) is 21.6. The topological polar surface area (TPSA) is 128 Å². The number of amides is 2. The number of aldehydes is 1. The summed E-state index contributed by atoms with van der Waals surface area (Å²) in [6.07, 6.45) is 0.380. The summed E-state index contributed by atoms with van der Waals surface area (Å²) >= 11 is 3.80. The first-order chi connectivity index (χ1) is 8.08. The van der Waals surface area contributed by atoms with Crippen LogP contribution in [0.15, 0.2) is 0 Å². The highest BCUT2D eigenvalue weighted by molar-refractivity contribution is 7.80. The fourth-order valence-electron chi connectivity index (χ4n) is 0.853. The molecule has 0 aliphatic carbocycles. The van der Waals surface area contributed by atoms with Crippen molar-refractivity contribution in [3.05, 3.63) is 0 Å². The van der Waals surface area contributed by atoms with Crippen LogP contribution in [-0.2, 0) is 14.4 Å². The monoisotopic (exact) mass is 265 g/mol. The van der Waals surface area contributed by atoms with Gasteiger partial charge in [-0.15, -0.1) is 0 Å². The number of rotatable bonds is 8. The van der Waals surface area contributed by atoms with E-state index in [-0.39, 0.29) is 12.3 Å². The minimum Gasteiger partial charge on any atom is -0.394 e. The van der Waals surface area contributed by atoms with E-state index in [1.54, 1.807) is 5.48 Å². The molecule has 17 heavy (non-hydrogen) atoms. The maximum Gasteiger partial charge on any atom is 0.240 e. The highest BCUT2D eigenvalue weighted by Gasteiger charge is 2.17. The Hall–Kier alpha value is -1.16. The van der Waals surface area contributed by atoms with Crippen molar-refractivity contribution in [2.75, 3.05) is 18.9 Å². The number of thiol groups is 1. The summed E-state index contributed by atoms with van der Waals surface area (Å²) in [5.74, 6) is -1.18. The van der Waals surface area contributed by atoms with Gasteiger partial charge in [-0.2, -0.15) is 18.1 Å². The molecular weight excluding hydrogens is 250 g/mol. The number of aliphatic hydroxyl groups is 1. The van der Waals surface area contributed by atoms with Crippen molar-refractivity contribution in [1.82, 2.24) is 16.1 Å². The van der Waals surface area contributed by atoms with Gasteiger partial charge in [0.2, 0.25) is 11.8 Å². The maximum atomic E-state index is 11.3. The third-order valence-electron chi connectivity index (χ3n) is 1.79. The van der Waals surface area contributed by atoms with Crippen molar-refractivity contribution >= 4 is 30.7 Å². The number of hydrogen-bond donors (Lipinski definition) is 6. The zero-order chi connectivity index (χ0) is 13.3. The Morgan fingerprint density at radius 2 is 2.06 bits per heavy atom. The number of nitrogens with one attached hydrogen (secondary N) is 3. The highest BCUT2D eigenvalue weighted by atomic mass is 32.1. The van der Waals surface area contributed by atoms with E-state index in [9.17, 15) is 14.4 Å². The van der Waals surface area contributed by atoms with Gasteiger partial charge in [-0.3, -0.25) is 9.59 Å². The molecule has 9 heteroatoms. The minimum atomic E-state index is -0.990. The first-order valence-corrected chi connectivity index (χ1v) is 5.36. The Balaban J connectivity index is 3.98. The molecule has 0 radical (unpaired) electrons. The van der Waals surface area contributed by atoms with Crippen LogP contribution in [0.2, 0.25) is 0 Å². The second-order valence-corrected chi connectivity index (χ2v) is 3.44. The smallest absolute Gasteiger partial charge is 0.240 e. The van der Waals surface area contributed by atoms with Crippen LogP contribution in [0.4, 0.5) is 0 Å². The van der Waals surface area contributed by atoms with Gasteiger partial charge in [0.15, 0.2) is 0 Å². The Morgan fingerprint density at radius 1 is 1.41 bits per heavy atom. The van der Waals surface area contributed by atoms with E-state index >= 15 is 0 Å². The van der Waals surface area contributed by atoms with Crippen molar-refractivity contribution in [1.29, 1.82) is 0 Å². The molecule has 0 heterocycles. The second kappa shape index (κ2) is 8.93. The molecule has 2 amide bonds. The van der Waals surface area contributed by atoms with E-state index in [2.05, 4.69) is 23.3 Å². The number of hydrogen-bond acceptors (Lipinski definition) is 7. The molecule has 0 aromatic heterocycles. The highest BCUT2D eigenvalue weighted by Crippen LogP contribution is 1.86. The molecule has 0 saturated carbocycles. The van der Waals surface area contributed by atoms with Gasteiger partial charge < -0.3 is 25.7 Å². The van der Waals surface area contributed by atoms with E-state index in [1.165, 1.54) is 0 Å². The van der Waals surface area contributed by atoms with Crippen molar-refractivity contribution in [3.8, 4) is 0 Å². The number of aliphatic hydroxyl groups excluding tert-OH is 1. The predicted octanol–water partition coefficient (Wildman–Crippen LogP) is -2.94. The van der Waals surface area contributed by atoms with Crippen LogP contribution in [0.25, 0.3) is 0 Å². The molecule has 2 atom stereocenters. The van der Waals surface area contributed by atoms with Crippen LogP contribution in [0.3, 0.4) is 0 Å². The molecule has 0 saturated heterocycles. The molecule has 0 unspecified atom stereocenters. The van der Waals surface area contributed by atoms with Crippen LogP contribution in [0.1, 0.15) is 0 Å². The molecule has 0 aromatic carbocycles. The lowest BCUT2D eigenvalue weighted by atomic mass is 10.3. The molecule has 0 aliphatic heterocycles. The van der Waals surface area contributed by atoms with Crippen LogP contribution in [0, 0.1) is 0 Å². The summed E-state index contributed by atoms with van der Waals surface area (Å²) in [6.45, 7) is -0.879. The molecule has 0 rings (SSSR count). The lowest BCUT2D eigenvalue weighted by molar-refractivity contribution is -0.129. The van der Waals surface area contributed by atoms with Crippen molar-refractivity contribution in [3.63, 3.8) is 0 Å². The first-order valence-electron chi connectivity index (χ1n) is 4.72. The van der Waals surface area contributed by atoms with Crippen LogP contribution < -0.4 is 16.1 Å². The zero-order valence-corrected chi connectivity index (χ0v) is 9.81. The van der Waals surface area contributed by atoms with Crippen LogP contribution in [0.5, 0.6) is 0 Å². The Kier molecular flexibility index (Phi) is 8.32. The van der Waals surface area contributed by atoms with Gasteiger partial charge in [0, 0.05) is 5.75 Å². The second-order valence-electron chi connectivity index (χ2n) is 3.07. The Labute approximate surface area is 103 Å². The lowest BCUT2D eigenvalue weighted by Gasteiger charge is -2.13. The molecule has 98 valence electrons. The average Bonchev–Trinajstić information content (AvgIpc) is 2.34. The molecule has 0 fully saturated rings. The summed E-state index contributed by atoms with van der Waals surface area (Å²) in [4.78, 5) is 32.7. The fraction of sp³-hybridized carbons (Fsp3) is 0.625. The molecule has 0 aromatic rings. The maximum absolute atomic E-state index is 11.3. The van der Waals surface area contributed by atoms with Gasteiger partial charge in [-0.25, -0.2) is 0 Å². The number of carbonyl (C=O) groups is 3. The van der Waals surface area contributed by atoms with E-state index < -0.39 is 30.5 Å². The zero-order valence-electron chi connectivity index (χ0n) is 8.92. The van der Waals surface area contributed by atoms with Gasteiger partial charge in [-0.05, 0) is 0 Å². The number of carbonyl (C=O) groups excluding carboxylic acids is 3. The van der Waals surface area contributed by atoms with E-state index in [0.29, 0.717) is 6.29 Å². The number of hydroxylamine groups is 1. The molecule has 8 nitrogen and oxygen atoms in total. The normalized spacial score (nSPS) is 13.6. The quantitative estimate of drug-likeness (QED) is 0.158.